The maximum atomic E-state index is 9.33. The molecule has 4 N–H and O–H groups in total. The van der Waals surface area contributed by atoms with Gasteiger partial charge in [-0.2, -0.15) is 9.94 Å². The van der Waals surface area contributed by atoms with Crippen molar-refractivity contribution in [3.8, 4) is 11.9 Å². The molecule has 1 aliphatic heterocycles. The summed E-state index contributed by atoms with van der Waals surface area (Å²) in [7, 11) is 0. The zero-order valence-electron chi connectivity index (χ0n) is 11.1. The van der Waals surface area contributed by atoms with Crippen LogP contribution in [-0.4, -0.2) is 39.1 Å². The molecule has 3 heterocycles. The molecule has 0 aliphatic carbocycles. The summed E-state index contributed by atoms with van der Waals surface area (Å²) in [6.07, 6.45) is 0.860. The molecule has 9 heteroatoms. The molecule has 8 nitrogen and oxygen atoms in total. The van der Waals surface area contributed by atoms with Crippen LogP contribution in [0.2, 0.25) is 5.15 Å². The van der Waals surface area contributed by atoms with Crippen molar-refractivity contribution in [2.75, 3.05) is 23.7 Å². The fourth-order valence-corrected chi connectivity index (χ4v) is 2.42. The predicted molar refractivity (Wildman–Crippen MR) is 78.1 cm³/mol. The molecule has 1 atom stereocenters. The summed E-state index contributed by atoms with van der Waals surface area (Å²) in [6, 6.07) is 5.40. The van der Waals surface area contributed by atoms with Gasteiger partial charge < -0.3 is 16.4 Å². The van der Waals surface area contributed by atoms with Crippen LogP contribution in [0.4, 0.5) is 11.6 Å². The summed E-state index contributed by atoms with van der Waals surface area (Å²) in [5.41, 5.74) is 12.2. The van der Waals surface area contributed by atoms with Gasteiger partial charge in [0.1, 0.15) is 17.5 Å². The second-order valence-corrected chi connectivity index (χ2v) is 5.20. The molecular weight excluding hydrogens is 292 g/mol. The van der Waals surface area contributed by atoms with Crippen molar-refractivity contribution >= 4 is 23.2 Å². The van der Waals surface area contributed by atoms with Crippen molar-refractivity contribution in [3.05, 3.63) is 22.8 Å². The van der Waals surface area contributed by atoms with E-state index in [9.17, 15) is 5.26 Å². The first-order chi connectivity index (χ1) is 10.1. The van der Waals surface area contributed by atoms with Gasteiger partial charge in [-0.15, -0.1) is 15.3 Å². The molecule has 1 saturated heterocycles. The normalized spacial score (nSPS) is 18.0. The lowest BCUT2D eigenvalue weighted by Gasteiger charge is -2.14. The number of nitrogens with two attached hydrogens (primary N) is 2. The highest BCUT2D eigenvalue weighted by Crippen LogP contribution is 2.28. The first-order valence-corrected chi connectivity index (χ1v) is 6.76. The highest BCUT2D eigenvalue weighted by molar-refractivity contribution is 6.29. The summed E-state index contributed by atoms with van der Waals surface area (Å²) in [5, 5.41) is 21.7. The molecule has 0 aromatic carbocycles. The third-order valence-corrected chi connectivity index (χ3v) is 3.58. The van der Waals surface area contributed by atoms with Gasteiger partial charge in [-0.3, -0.25) is 0 Å². The molecule has 108 valence electrons. The number of nitrogens with zero attached hydrogens (tertiary/aromatic N) is 6. The van der Waals surface area contributed by atoms with Crippen LogP contribution in [0, 0.1) is 11.3 Å². The van der Waals surface area contributed by atoms with Crippen molar-refractivity contribution in [3.63, 3.8) is 0 Å². The SMILES string of the molecule is N#Cc1c(N2CCC(N)C2)nn(-c2ccc(Cl)nn2)c1N. The summed E-state index contributed by atoms with van der Waals surface area (Å²) < 4.78 is 1.39. The number of aromatic nitrogens is 4. The minimum absolute atomic E-state index is 0.0817. The van der Waals surface area contributed by atoms with Gasteiger partial charge in [0.25, 0.3) is 0 Å². The van der Waals surface area contributed by atoms with Crippen molar-refractivity contribution in [1.29, 1.82) is 5.26 Å². The molecule has 0 saturated carbocycles. The topological polar surface area (TPSA) is 123 Å². The van der Waals surface area contributed by atoms with Gasteiger partial charge in [0, 0.05) is 19.1 Å². The third-order valence-electron chi connectivity index (χ3n) is 3.37. The number of anilines is 2. The second kappa shape index (κ2) is 5.20. The second-order valence-electron chi connectivity index (χ2n) is 4.82. The van der Waals surface area contributed by atoms with E-state index in [0.717, 1.165) is 13.0 Å². The van der Waals surface area contributed by atoms with Crippen molar-refractivity contribution in [2.24, 2.45) is 5.73 Å². The average molecular weight is 305 g/mol. The van der Waals surface area contributed by atoms with Gasteiger partial charge in [-0.1, -0.05) is 11.6 Å². The molecule has 1 aliphatic rings. The monoisotopic (exact) mass is 304 g/mol. The molecule has 3 rings (SSSR count). The van der Waals surface area contributed by atoms with Crippen LogP contribution in [0.5, 0.6) is 0 Å². The molecule has 2 aromatic heterocycles. The molecule has 0 spiro atoms. The molecule has 1 fully saturated rings. The standard InChI is InChI=1S/C12H13ClN8/c13-9-1-2-10(18-17-9)21-11(16)8(5-14)12(19-21)20-4-3-7(15)6-20/h1-2,7H,3-4,6,15-16H2. The lowest BCUT2D eigenvalue weighted by molar-refractivity contribution is 0.749. The van der Waals surface area contributed by atoms with E-state index in [4.69, 9.17) is 23.1 Å². The van der Waals surface area contributed by atoms with Crippen molar-refractivity contribution in [1.82, 2.24) is 20.0 Å². The van der Waals surface area contributed by atoms with Gasteiger partial charge in [0.15, 0.2) is 16.8 Å². The molecular formula is C12H13ClN8. The van der Waals surface area contributed by atoms with Crippen molar-refractivity contribution in [2.45, 2.75) is 12.5 Å². The summed E-state index contributed by atoms with van der Waals surface area (Å²) in [5.74, 6) is 1.16. The smallest absolute Gasteiger partial charge is 0.178 e. The molecule has 0 bridgehead atoms. The van der Waals surface area contributed by atoms with Crippen LogP contribution in [0.15, 0.2) is 12.1 Å². The number of nitrogen functional groups attached to an aromatic ring is 1. The highest BCUT2D eigenvalue weighted by atomic mass is 35.5. The van der Waals surface area contributed by atoms with Crippen LogP contribution in [0.25, 0.3) is 5.82 Å². The van der Waals surface area contributed by atoms with Gasteiger partial charge >= 0.3 is 0 Å². The Balaban J connectivity index is 2.05. The summed E-state index contributed by atoms with van der Waals surface area (Å²) in [4.78, 5) is 1.96. The summed E-state index contributed by atoms with van der Waals surface area (Å²) in [6.45, 7) is 1.40. The van der Waals surface area contributed by atoms with E-state index in [1.807, 2.05) is 4.90 Å². The highest BCUT2D eigenvalue weighted by Gasteiger charge is 2.27. The Kier molecular flexibility index (Phi) is 3.37. The first kappa shape index (κ1) is 13.6. The van der Waals surface area contributed by atoms with Gasteiger partial charge in [-0.05, 0) is 18.6 Å². The largest absolute Gasteiger partial charge is 0.382 e. The van der Waals surface area contributed by atoms with E-state index in [1.54, 1.807) is 12.1 Å². The van der Waals surface area contributed by atoms with Gasteiger partial charge in [-0.25, -0.2) is 0 Å². The number of rotatable bonds is 2. The van der Waals surface area contributed by atoms with E-state index in [-0.39, 0.29) is 17.0 Å². The zero-order valence-corrected chi connectivity index (χ0v) is 11.8. The van der Waals surface area contributed by atoms with Crippen molar-refractivity contribution < 1.29 is 0 Å². The number of hydrogen-bond acceptors (Lipinski definition) is 7. The number of nitriles is 1. The van der Waals surface area contributed by atoms with E-state index >= 15 is 0 Å². The molecule has 0 amide bonds. The van der Waals surface area contributed by atoms with Crippen LogP contribution in [0.3, 0.4) is 0 Å². The number of hydrogen-bond donors (Lipinski definition) is 2. The van der Waals surface area contributed by atoms with Crippen LogP contribution in [-0.2, 0) is 0 Å². The quantitative estimate of drug-likeness (QED) is 0.818. The Hall–Kier alpha value is -2.37. The van der Waals surface area contributed by atoms with E-state index in [2.05, 4.69) is 21.4 Å². The number of halogens is 1. The Morgan fingerprint density at radius 2 is 2.19 bits per heavy atom. The Morgan fingerprint density at radius 3 is 2.76 bits per heavy atom. The van der Waals surface area contributed by atoms with Gasteiger partial charge in [0.05, 0.1) is 0 Å². The van der Waals surface area contributed by atoms with E-state index < -0.39 is 0 Å². The molecule has 2 aromatic rings. The van der Waals surface area contributed by atoms with Crippen LogP contribution >= 0.6 is 11.6 Å². The Morgan fingerprint density at radius 1 is 1.38 bits per heavy atom. The minimum atomic E-state index is 0.0817. The minimum Gasteiger partial charge on any atom is -0.382 e. The van der Waals surface area contributed by atoms with Crippen LogP contribution in [0.1, 0.15) is 12.0 Å². The fraction of sp³-hybridized carbons (Fsp3) is 0.333. The Labute approximate surface area is 125 Å². The third kappa shape index (κ3) is 2.37. The van der Waals surface area contributed by atoms with E-state index in [0.29, 0.717) is 23.7 Å². The maximum absolute atomic E-state index is 9.33. The molecule has 1 unspecified atom stereocenters. The predicted octanol–water partition coefficient (Wildman–Crippen LogP) is 0.307. The zero-order chi connectivity index (χ0) is 15.0. The van der Waals surface area contributed by atoms with Gasteiger partial charge in [0.2, 0.25) is 0 Å². The fourth-order valence-electron chi connectivity index (χ4n) is 2.32. The average Bonchev–Trinajstić information content (AvgIpc) is 3.03. The molecule has 0 radical (unpaired) electrons. The van der Waals surface area contributed by atoms with E-state index in [1.165, 1.54) is 4.68 Å². The molecule has 21 heavy (non-hydrogen) atoms. The first-order valence-electron chi connectivity index (χ1n) is 6.39. The Bertz CT molecular complexity index is 701. The van der Waals surface area contributed by atoms with Crippen LogP contribution < -0.4 is 16.4 Å². The lowest BCUT2D eigenvalue weighted by atomic mass is 10.3. The maximum Gasteiger partial charge on any atom is 0.178 e. The summed E-state index contributed by atoms with van der Waals surface area (Å²) >= 11 is 5.71. The lowest BCUT2D eigenvalue weighted by Crippen LogP contribution is -2.27.